The minimum absolute atomic E-state index is 0.0277. The molecule has 1 aliphatic rings. The van der Waals surface area contributed by atoms with Gasteiger partial charge in [-0.2, -0.15) is 0 Å². The SMILES string of the molecule is CC(Oc1ccccc1C(C)C)C(=O)N1CCCN(C(=O)c2ccc(C(C)(C)C)cc2)CC1. The highest BCUT2D eigenvalue weighted by atomic mass is 16.5. The Morgan fingerprint density at radius 1 is 0.848 bits per heavy atom. The van der Waals surface area contributed by atoms with Crippen LogP contribution in [0.1, 0.15) is 75.4 Å². The lowest BCUT2D eigenvalue weighted by Gasteiger charge is -2.26. The van der Waals surface area contributed by atoms with Gasteiger partial charge in [-0.15, -0.1) is 0 Å². The maximum atomic E-state index is 13.1. The Hall–Kier alpha value is -2.82. The average Bonchev–Trinajstić information content (AvgIpc) is 3.04. The van der Waals surface area contributed by atoms with Crippen molar-refractivity contribution < 1.29 is 14.3 Å². The largest absolute Gasteiger partial charge is 0.481 e. The fourth-order valence-corrected chi connectivity index (χ4v) is 4.20. The van der Waals surface area contributed by atoms with E-state index in [4.69, 9.17) is 4.74 Å². The number of hydrogen-bond acceptors (Lipinski definition) is 3. The van der Waals surface area contributed by atoms with Crippen LogP contribution in [0.15, 0.2) is 48.5 Å². The van der Waals surface area contributed by atoms with Crippen LogP contribution in [0, 0.1) is 0 Å². The number of hydrogen-bond donors (Lipinski definition) is 0. The minimum atomic E-state index is -0.572. The van der Waals surface area contributed by atoms with Gasteiger partial charge in [-0.3, -0.25) is 9.59 Å². The first-order valence-corrected chi connectivity index (χ1v) is 12.0. The van der Waals surface area contributed by atoms with Gasteiger partial charge in [0.1, 0.15) is 5.75 Å². The van der Waals surface area contributed by atoms with Crippen molar-refractivity contribution in [1.29, 1.82) is 0 Å². The van der Waals surface area contributed by atoms with Crippen LogP contribution in [0.2, 0.25) is 0 Å². The van der Waals surface area contributed by atoms with Crippen LogP contribution in [0.25, 0.3) is 0 Å². The lowest BCUT2D eigenvalue weighted by molar-refractivity contribution is -0.137. The van der Waals surface area contributed by atoms with Gasteiger partial charge >= 0.3 is 0 Å². The lowest BCUT2D eigenvalue weighted by Crippen LogP contribution is -2.43. The van der Waals surface area contributed by atoms with Crippen molar-refractivity contribution in [3.63, 3.8) is 0 Å². The molecule has 3 rings (SSSR count). The predicted octanol–water partition coefficient (Wildman–Crippen LogP) is 5.25. The number of nitrogens with zero attached hydrogens (tertiary/aromatic N) is 2. The fourth-order valence-electron chi connectivity index (χ4n) is 4.20. The van der Waals surface area contributed by atoms with E-state index in [1.54, 1.807) is 0 Å². The summed E-state index contributed by atoms with van der Waals surface area (Å²) >= 11 is 0. The zero-order chi connectivity index (χ0) is 24.2. The molecular formula is C28H38N2O3. The zero-order valence-corrected chi connectivity index (χ0v) is 20.9. The van der Waals surface area contributed by atoms with Crippen molar-refractivity contribution in [3.8, 4) is 5.75 Å². The normalized spacial score (nSPS) is 15.8. The van der Waals surface area contributed by atoms with Crippen molar-refractivity contribution in [2.45, 2.75) is 65.4 Å². The van der Waals surface area contributed by atoms with E-state index in [1.807, 2.05) is 65.3 Å². The standard InChI is InChI=1S/C28H38N2O3/c1-20(2)24-10-7-8-11-25(24)33-21(3)26(31)29-16-9-17-30(19-18-29)27(32)22-12-14-23(15-13-22)28(4,5)6/h7-8,10-15,20-21H,9,16-19H2,1-6H3. The molecule has 2 aromatic carbocycles. The van der Waals surface area contributed by atoms with Crippen LogP contribution in [0.5, 0.6) is 5.75 Å². The van der Waals surface area contributed by atoms with Crippen LogP contribution in [-0.4, -0.2) is 53.9 Å². The molecule has 178 valence electrons. The Bertz CT molecular complexity index is 960. The molecule has 1 heterocycles. The summed E-state index contributed by atoms with van der Waals surface area (Å²) in [4.78, 5) is 29.9. The third-order valence-corrected chi connectivity index (χ3v) is 6.29. The smallest absolute Gasteiger partial charge is 0.263 e. The topological polar surface area (TPSA) is 49.9 Å². The van der Waals surface area contributed by atoms with E-state index in [1.165, 1.54) is 5.56 Å². The second-order valence-electron chi connectivity index (χ2n) is 10.3. The second-order valence-corrected chi connectivity index (χ2v) is 10.3. The summed E-state index contributed by atoms with van der Waals surface area (Å²) in [7, 11) is 0. The van der Waals surface area contributed by atoms with Gasteiger partial charge in [0.25, 0.3) is 11.8 Å². The number of amides is 2. The second kappa shape index (κ2) is 10.4. The molecule has 0 aromatic heterocycles. The summed E-state index contributed by atoms with van der Waals surface area (Å²) < 4.78 is 6.07. The molecule has 1 aliphatic heterocycles. The lowest BCUT2D eigenvalue weighted by atomic mass is 9.86. The molecule has 1 fully saturated rings. The van der Waals surface area contributed by atoms with Crippen LogP contribution in [0.4, 0.5) is 0 Å². The monoisotopic (exact) mass is 450 g/mol. The summed E-state index contributed by atoms with van der Waals surface area (Å²) in [5, 5.41) is 0. The Morgan fingerprint density at radius 3 is 2.09 bits per heavy atom. The van der Waals surface area contributed by atoms with E-state index in [0.29, 0.717) is 37.7 Å². The molecule has 0 radical (unpaired) electrons. The van der Waals surface area contributed by atoms with Gasteiger partial charge in [0.15, 0.2) is 6.10 Å². The van der Waals surface area contributed by atoms with Crippen LogP contribution in [0.3, 0.4) is 0 Å². The summed E-state index contributed by atoms with van der Waals surface area (Å²) in [6.07, 6.45) is 0.185. The number of benzene rings is 2. The molecule has 0 N–H and O–H groups in total. The Morgan fingerprint density at radius 2 is 1.45 bits per heavy atom. The molecule has 0 bridgehead atoms. The Kier molecular flexibility index (Phi) is 7.83. The highest BCUT2D eigenvalue weighted by Gasteiger charge is 2.27. The highest BCUT2D eigenvalue weighted by molar-refractivity contribution is 5.94. The quantitative estimate of drug-likeness (QED) is 0.625. The fraction of sp³-hybridized carbons (Fsp3) is 0.500. The number of carbonyl (C=O) groups is 2. The van der Waals surface area contributed by atoms with Crippen molar-refractivity contribution in [3.05, 3.63) is 65.2 Å². The van der Waals surface area contributed by atoms with Gasteiger partial charge in [0.05, 0.1) is 0 Å². The molecule has 2 amide bonds. The molecule has 33 heavy (non-hydrogen) atoms. The number of rotatable bonds is 5. The molecular weight excluding hydrogens is 412 g/mol. The van der Waals surface area contributed by atoms with Crippen LogP contribution >= 0.6 is 0 Å². The molecule has 0 spiro atoms. The van der Waals surface area contributed by atoms with Crippen molar-refractivity contribution in [2.24, 2.45) is 0 Å². The molecule has 0 aliphatic carbocycles. The molecule has 1 atom stereocenters. The first kappa shape index (κ1) is 24.8. The first-order chi connectivity index (χ1) is 15.6. The van der Waals surface area contributed by atoms with E-state index in [2.05, 4.69) is 34.6 Å². The van der Waals surface area contributed by atoms with Gasteiger partial charge in [-0.05, 0) is 54.0 Å². The van der Waals surface area contributed by atoms with E-state index in [0.717, 1.165) is 17.7 Å². The molecule has 0 saturated carbocycles. The van der Waals surface area contributed by atoms with Crippen molar-refractivity contribution >= 4 is 11.8 Å². The van der Waals surface area contributed by atoms with Gasteiger partial charge in [-0.25, -0.2) is 0 Å². The van der Waals surface area contributed by atoms with Crippen LogP contribution < -0.4 is 4.74 Å². The van der Waals surface area contributed by atoms with E-state index in [-0.39, 0.29) is 17.2 Å². The number of ether oxygens (including phenoxy) is 1. The summed E-state index contributed by atoms with van der Waals surface area (Å²) in [6, 6.07) is 15.8. The van der Waals surface area contributed by atoms with E-state index in [9.17, 15) is 9.59 Å². The molecule has 1 unspecified atom stereocenters. The number of carbonyl (C=O) groups excluding carboxylic acids is 2. The molecule has 2 aromatic rings. The summed E-state index contributed by atoms with van der Waals surface area (Å²) in [6.45, 7) is 14.9. The van der Waals surface area contributed by atoms with Gasteiger partial charge in [0, 0.05) is 31.7 Å². The van der Waals surface area contributed by atoms with Crippen LogP contribution in [-0.2, 0) is 10.2 Å². The van der Waals surface area contributed by atoms with Crippen molar-refractivity contribution in [1.82, 2.24) is 9.80 Å². The van der Waals surface area contributed by atoms with Gasteiger partial charge in [-0.1, -0.05) is 65.0 Å². The maximum Gasteiger partial charge on any atom is 0.263 e. The van der Waals surface area contributed by atoms with Crippen molar-refractivity contribution in [2.75, 3.05) is 26.2 Å². The Balaban J connectivity index is 1.61. The van der Waals surface area contributed by atoms with Gasteiger partial charge < -0.3 is 14.5 Å². The average molecular weight is 451 g/mol. The van der Waals surface area contributed by atoms with Gasteiger partial charge in [0.2, 0.25) is 0 Å². The van der Waals surface area contributed by atoms with E-state index < -0.39 is 6.10 Å². The first-order valence-electron chi connectivity index (χ1n) is 12.0. The molecule has 5 nitrogen and oxygen atoms in total. The maximum absolute atomic E-state index is 13.1. The van der Waals surface area contributed by atoms with E-state index >= 15 is 0 Å². The third-order valence-electron chi connectivity index (χ3n) is 6.29. The predicted molar refractivity (Wildman–Crippen MR) is 133 cm³/mol. The third kappa shape index (κ3) is 6.16. The molecule has 1 saturated heterocycles. The Labute approximate surface area is 198 Å². The zero-order valence-electron chi connectivity index (χ0n) is 20.9. The number of para-hydroxylation sites is 1. The minimum Gasteiger partial charge on any atom is -0.481 e. The molecule has 5 heteroatoms. The summed E-state index contributed by atoms with van der Waals surface area (Å²) in [5.41, 5.74) is 3.06. The summed E-state index contributed by atoms with van der Waals surface area (Å²) in [5.74, 6) is 1.08. The highest BCUT2D eigenvalue weighted by Crippen LogP contribution is 2.27.